The lowest BCUT2D eigenvalue weighted by Gasteiger charge is -1.99. The smallest absolute Gasteiger partial charge is 0.209 e. The molecule has 0 saturated heterocycles. The van der Waals surface area contributed by atoms with E-state index >= 15 is 0 Å². The summed E-state index contributed by atoms with van der Waals surface area (Å²) in [5.41, 5.74) is 2.82. The number of aliphatic hydroxyl groups excluding tert-OH is 1. The van der Waals surface area contributed by atoms with Gasteiger partial charge >= 0.3 is 0 Å². The van der Waals surface area contributed by atoms with Crippen molar-refractivity contribution in [2.24, 2.45) is 0 Å². The van der Waals surface area contributed by atoms with Gasteiger partial charge < -0.3 is 5.11 Å². The highest BCUT2D eigenvalue weighted by atomic mass is 32.2. The zero-order valence-corrected chi connectivity index (χ0v) is 9.41. The van der Waals surface area contributed by atoms with E-state index in [0.29, 0.717) is 11.7 Å². The normalized spacial score (nSPS) is 10.7. The summed E-state index contributed by atoms with van der Waals surface area (Å²) in [4.78, 5) is 4.16. The van der Waals surface area contributed by atoms with Gasteiger partial charge in [-0.3, -0.25) is 0 Å². The van der Waals surface area contributed by atoms with E-state index < -0.39 is 0 Å². The lowest BCUT2D eigenvalue weighted by Crippen LogP contribution is -2.05. The summed E-state index contributed by atoms with van der Waals surface area (Å²) in [6.45, 7) is 0.460. The summed E-state index contributed by atoms with van der Waals surface area (Å²) in [5, 5.41) is 22.7. The number of aliphatic hydroxyl groups is 1. The largest absolute Gasteiger partial charge is 0.394 e. The maximum atomic E-state index is 8.78. The first-order valence-corrected chi connectivity index (χ1v) is 6.20. The van der Waals surface area contributed by atoms with Crippen molar-refractivity contribution in [3.05, 3.63) is 16.6 Å². The monoisotopic (exact) mass is 243 g/mol. The minimum Gasteiger partial charge on any atom is -0.394 e. The summed E-state index contributed by atoms with van der Waals surface area (Å²) < 4.78 is 1.58. The minimum absolute atomic E-state index is 0.0370. The van der Waals surface area contributed by atoms with Crippen molar-refractivity contribution >= 4 is 23.1 Å². The van der Waals surface area contributed by atoms with Gasteiger partial charge in [-0.25, -0.2) is 9.67 Å². The first-order chi connectivity index (χ1) is 7.40. The summed E-state index contributed by atoms with van der Waals surface area (Å²) in [6.07, 6.45) is 0. The van der Waals surface area contributed by atoms with Crippen molar-refractivity contribution in [3.63, 3.8) is 0 Å². The van der Waals surface area contributed by atoms with Gasteiger partial charge in [0.15, 0.2) is 0 Å². The fraction of sp³-hybridized carbons (Fsp3) is 0.429. The average Bonchev–Trinajstić information content (AvgIpc) is 2.85. The first-order valence-electron chi connectivity index (χ1n) is 4.27. The molecule has 15 heavy (non-hydrogen) atoms. The number of aromatic nitrogens is 5. The van der Waals surface area contributed by atoms with Gasteiger partial charge in [0.2, 0.25) is 5.16 Å². The molecule has 0 aliphatic rings. The van der Waals surface area contributed by atoms with Crippen molar-refractivity contribution in [1.82, 2.24) is 25.2 Å². The van der Waals surface area contributed by atoms with Crippen LogP contribution in [0.15, 0.2) is 16.0 Å². The Labute approximate surface area is 94.3 Å². The Morgan fingerprint density at radius 2 is 2.47 bits per heavy atom. The second kappa shape index (κ2) is 5.19. The van der Waals surface area contributed by atoms with E-state index in [-0.39, 0.29) is 6.61 Å². The zero-order chi connectivity index (χ0) is 10.5. The van der Waals surface area contributed by atoms with Crippen LogP contribution in [0.25, 0.3) is 0 Å². The molecule has 8 heteroatoms. The van der Waals surface area contributed by atoms with Crippen molar-refractivity contribution in [2.45, 2.75) is 17.5 Å². The van der Waals surface area contributed by atoms with Crippen molar-refractivity contribution in [2.75, 3.05) is 6.61 Å². The number of hydrogen-bond acceptors (Lipinski definition) is 7. The van der Waals surface area contributed by atoms with E-state index in [9.17, 15) is 0 Å². The van der Waals surface area contributed by atoms with Gasteiger partial charge in [0.1, 0.15) is 0 Å². The van der Waals surface area contributed by atoms with Gasteiger partial charge in [0.25, 0.3) is 0 Å². The molecular weight excluding hydrogens is 234 g/mol. The molecule has 2 aromatic heterocycles. The Kier molecular flexibility index (Phi) is 3.64. The molecule has 0 aromatic carbocycles. The molecule has 0 radical (unpaired) electrons. The van der Waals surface area contributed by atoms with Crippen LogP contribution in [0.1, 0.15) is 5.69 Å². The van der Waals surface area contributed by atoms with Crippen LogP contribution in [0, 0.1) is 0 Å². The van der Waals surface area contributed by atoms with Gasteiger partial charge in [0, 0.05) is 11.1 Å². The van der Waals surface area contributed by atoms with E-state index in [1.165, 1.54) is 11.8 Å². The van der Waals surface area contributed by atoms with Crippen LogP contribution < -0.4 is 0 Å². The molecule has 1 N–H and O–H groups in total. The maximum absolute atomic E-state index is 8.78. The van der Waals surface area contributed by atoms with E-state index in [1.807, 2.05) is 5.38 Å². The number of thioether (sulfide) groups is 1. The summed E-state index contributed by atoms with van der Waals surface area (Å²) in [6, 6.07) is 0. The lowest BCUT2D eigenvalue weighted by molar-refractivity contribution is 0.262. The predicted octanol–water partition coefficient (Wildman–Crippen LogP) is 0.414. The third-order valence-electron chi connectivity index (χ3n) is 1.64. The molecule has 0 fully saturated rings. The second-order valence-corrected chi connectivity index (χ2v) is 4.34. The molecule has 80 valence electrons. The fourth-order valence-electron chi connectivity index (χ4n) is 0.982. The molecular formula is C7H9N5OS2. The van der Waals surface area contributed by atoms with Crippen LogP contribution in [-0.2, 0) is 12.3 Å². The standard InChI is InChI=1S/C7H9N5OS2/c13-2-1-12-7(9-10-11-12)15-4-6-3-14-5-8-6/h3,5,13H,1-2,4H2. The van der Waals surface area contributed by atoms with Crippen LogP contribution in [0.2, 0.25) is 0 Å². The molecule has 0 aliphatic heterocycles. The van der Waals surface area contributed by atoms with Crippen LogP contribution in [0.3, 0.4) is 0 Å². The number of tetrazole rings is 1. The third kappa shape index (κ3) is 2.74. The second-order valence-electron chi connectivity index (χ2n) is 2.68. The Hall–Kier alpha value is -0.990. The topological polar surface area (TPSA) is 76.7 Å². The first kappa shape index (κ1) is 10.5. The third-order valence-corrected chi connectivity index (χ3v) is 3.27. The molecule has 0 aliphatic carbocycles. The van der Waals surface area contributed by atoms with Crippen molar-refractivity contribution in [3.8, 4) is 0 Å². The number of thiazole rings is 1. The van der Waals surface area contributed by atoms with Gasteiger partial charge in [-0.15, -0.1) is 16.4 Å². The molecule has 2 rings (SSSR count). The Balaban J connectivity index is 1.95. The molecule has 2 heterocycles. The molecule has 0 amide bonds. The zero-order valence-electron chi connectivity index (χ0n) is 7.78. The molecule has 0 saturated carbocycles. The summed E-state index contributed by atoms with van der Waals surface area (Å²) in [7, 11) is 0. The highest BCUT2D eigenvalue weighted by molar-refractivity contribution is 7.98. The van der Waals surface area contributed by atoms with E-state index in [1.54, 1.807) is 21.5 Å². The minimum atomic E-state index is 0.0370. The quantitative estimate of drug-likeness (QED) is 0.767. The Bertz CT molecular complexity index is 401. The van der Waals surface area contributed by atoms with Gasteiger partial charge in [-0.2, -0.15) is 0 Å². The van der Waals surface area contributed by atoms with E-state index in [4.69, 9.17) is 5.11 Å². The lowest BCUT2D eigenvalue weighted by atomic mass is 10.6. The van der Waals surface area contributed by atoms with E-state index in [0.717, 1.165) is 11.4 Å². The average molecular weight is 243 g/mol. The molecule has 0 spiro atoms. The highest BCUT2D eigenvalue weighted by Gasteiger charge is 2.06. The summed E-state index contributed by atoms with van der Waals surface area (Å²) >= 11 is 3.08. The van der Waals surface area contributed by atoms with Crippen molar-refractivity contribution in [1.29, 1.82) is 0 Å². The SMILES string of the molecule is OCCn1nnnc1SCc1cscn1. The van der Waals surface area contributed by atoms with E-state index in [2.05, 4.69) is 20.5 Å². The van der Waals surface area contributed by atoms with Gasteiger partial charge in [0.05, 0.1) is 24.4 Å². The number of rotatable bonds is 5. The summed E-state index contributed by atoms with van der Waals surface area (Å²) in [5.74, 6) is 0.745. The van der Waals surface area contributed by atoms with Crippen LogP contribution in [-0.4, -0.2) is 36.9 Å². The van der Waals surface area contributed by atoms with Crippen LogP contribution in [0.5, 0.6) is 0 Å². The molecule has 0 atom stereocenters. The van der Waals surface area contributed by atoms with Crippen LogP contribution >= 0.6 is 23.1 Å². The fourth-order valence-corrected chi connectivity index (χ4v) is 2.45. The maximum Gasteiger partial charge on any atom is 0.209 e. The highest BCUT2D eigenvalue weighted by Crippen LogP contribution is 2.19. The number of hydrogen-bond donors (Lipinski definition) is 1. The van der Waals surface area contributed by atoms with Gasteiger partial charge in [-0.1, -0.05) is 11.8 Å². The predicted molar refractivity (Wildman–Crippen MR) is 56.6 cm³/mol. The number of nitrogens with zero attached hydrogens (tertiary/aromatic N) is 5. The Morgan fingerprint density at radius 1 is 1.53 bits per heavy atom. The Morgan fingerprint density at radius 3 is 3.20 bits per heavy atom. The van der Waals surface area contributed by atoms with Crippen LogP contribution in [0.4, 0.5) is 0 Å². The molecule has 0 unspecified atom stereocenters. The van der Waals surface area contributed by atoms with Crippen molar-refractivity contribution < 1.29 is 5.11 Å². The molecule has 0 bridgehead atoms. The molecule has 6 nitrogen and oxygen atoms in total. The van der Waals surface area contributed by atoms with Gasteiger partial charge in [-0.05, 0) is 10.4 Å². The molecule has 2 aromatic rings.